The Morgan fingerprint density at radius 3 is 2.38 bits per heavy atom. The van der Waals surface area contributed by atoms with E-state index in [0.29, 0.717) is 24.3 Å². The first kappa shape index (κ1) is 25.5. The summed E-state index contributed by atoms with van der Waals surface area (Å²) in [5, 5.41) is 43.2. The summed E-state index contributed by atoms with van der Waals surface area (Å²) in [7, 11) is 2.97. The molecule has 0 spiro atoms. The van der Waals surface area contributed by atoms with Gasteiger partial charge in [-0.25, -0.2) is 0 Å². The highest BCUT2D eigenvalue weighted by atomic mass is 16.5. The second kappa shape index (κ2) is 10.1. The fourth-order valence-electron chi connectivity index (χ4n) is 6.38. The third-order valence-corrected chi connectivity index (χ3v) is 8.29. The zero-order valence-electron chi connectivity index (χ0n) is 22.2. The number of aryl methyl sites for hydroxylation is 1. The van der Waals surface area contributed by atoms with Crippen molar-refractivity contribution in [3.63, 3.8) is 0 Å². The molecule has 0 radical (unpaired) electrons. The fourth-order valence-corrected chi connectivity index (χ4v) is 6.38. The number of benzene rings is 3. The molecule has 0 amide bonds. The van der Waals surface area contributed by atoms with Crippen molar-refractivity contribution < 1.29 is 39.4 Å². The fraction of sp³-hybridized carbons (Fsp3) is 0.419. The molecule has 39 heavy (non-hydrogen) atoms. The summed E-state index contributed by atoms with van der Waals surface area (Å²) < 4.78 is 23.7. The Labute approximate surface area is 227 Å². The third kappa shape index (κ3) is 4.36. The van der Waals surface area contributed by atoms with E-state index in [-0.39, 0.29) is 40.4 Å². The number of phenols is 3. The van der Waals surface area contributed by atoms with Crippen LogP contribution in [0.25, 0.3) is 11.1 Å². The smallest absolute Gasteiger partial charge is 0.207 e. The number of ether oxygens (including phenoxy) is 4. The highest BCUT2D eigenvalue weighted by Gasteiger charge is 2.38. The molecular weight excluding hydrogens is 500 g/mol. The topological polar surface area (TPSA) is 118 Å². The Hall–Kier alpha value is -3.78. The Morgan fingerprint density at radius 1 is 0.846 bits per heavy atom. The summed E-state index contributed by atoms with van der Waals surface area (Å²) in [6, 6.07) is 8.73. The molecule has 2 atom stereocenters. The van der Waals surface area contributed by atoms with Crippen molar-refractivity contribution >= 4 is 0 Å². The second-order valence-electron chi connectivity index (χ2n) is 10.6. The number of hydrogen-bond donors (Lipinski definition) is 4. The van der Waals surface area contributed by atoms with Crippen LogP contribution in [0.3, 0.4) is 0 Å². The predicted molar refractivity (Wildman–Crippen MR) is 144 cm³/mol. The summed E-state index contributed by atoms with van der Waals surface area (Å²) in [5.41, 5.74) is 5.22. The average Bonchev–Trinajstić information content (AvgIpc) is 2.94. The molecule has 206 valence electrons. The van der Waals surface area contributed by atoms with Crippen LogP contribution in [0.2, 0.25) is 0 Å². The first-order valence-electron chi connectivity index (χ1n) is 13.6. The van der Waals surface area contributed by atoms with E-state index in [1.807, 2.05) is 12.1 Å². The summed E-state index contributed by atoms with van der Waals surface area (Å²) in [4.78, 5) is 0. The monoisotopic (exact) mass is 534 g/mol. The molecule has 1 aliphatic heterocycles. The molecule has 4 N–H and O–H groups in total. The van der Waals surface area contributed by atoms with Gasteiger partial charge in [0.05, 0.1) is 26.4 Å². The normalized spacial score (nSPS) is 20.3. The minimum atomic E-state index is -0.973. The maximum atomic E-state index is 11.4. The van der Waals surface area contributed by atoms with E-state index in [1.165, 1.54) is 13.5 Å². The lowest BCUT2D eigenvalue weighted by atomic mass is 9.80. The van der Waals surface area contributed by atoms with Gasteiger partial charge < -0.3 is 39.4 Å². The SMILES string of the molecule is COc1cc2c(c3c1-c1ccc(O)cc1CC3)C[C@@H](O)[C@H](c1cc(OC3CCCCC3)c(O)c(OC)c1O)O2. The van der Waals surface area contributed by atoms with Crippen molar-refractivity contribution in [3.05, 3.63) is 52.6 Å². The van der Waals surface area contributed by atoms with Crippen molar-refractivity contribution in [1.29, 1.82) is 0 Å². The largest absolute Gasteiger partial charge is 0.508 e. The minimum Gasteiger partial charge on any atom is -0.508 e. The van der Waals surface area contributed by atoms with Crippen LogP contribution in [-0.2, 0) is 19.3 Å². The van der Waals surface area contributed by atoms with Crippen LogP contribution in [0.1, 0.15) is 60.5 Å². The van der Waals surface area contributed by atoms with Crippen molar-refractivity contribution in [3.8, 4) is 51.4 Å². The average molecular weight is 535 g/mol. The predicted octanol–water partition coefficient (Wildman–Crippen LogP) is 5.33. The van der Waals surface area contributed by atoms with E-state index in [4.69, 9.17) is 18.9 Å². The van der Waals surface area contributed by atoms with Crippen LogP contribution in [-0.4, -0.2) is 46.9 Å². The first-order chi connectivity index (χ1) is 18.9. The first-order valence-corrected chi connectivity index (χ1v) is 13.6. The van der Waals surface area contributed by atoms with Gasteiger partial charge in [-0.15, -0.1) is 0 Å². The number of aliphatic hydroxyl groups excluding tert-OH is 1. The molecule has 0 aromatic heterocycles. The lowest BCUT2D eigenvalue weighted by Crippen LogP contribution is -2.32. The van der Waals surface area contributed by atoms with Gasteiger partial charge in [-0.3, -0.25) is 0 Å². The molecule has 1 fully saturated rings. The molecule has 3 aromatic rings. The summed E-state index contributed by atoms with van der Waals surface area (Å²) in [6.07, 6.45) is 4.90. The molecule has 0 bridgehead atoms. The molecule has 6 rings (SSSR count). The van der Waals surface area contributed by atoms with E-state index < -0.39 is 12.2 Å². The van der Waals surface area contributed by atoms with Crippen LogP contribution >= 0.6 is 0 Å². The van der Waals surface area contributed by atoms with E-state index in [0.717, 1.165) is 59.9 Å². The second-order valence-corrected chi connectivity index (χ2v) is 10.6. The van der Waals surface area contributed by atoms with E-state index in [1.54, 1.807) is 25.3 Å². The Balaban J connectivity index is 1.40. The number of hydrogen-bond acceptors (Lipinski definition) is 8. The van der Waals surface area contributed by atoms with Crippen molar-refractivity contribution in [2.45, 2.75) is 69.7 Å². The standard InChI is InChI=1S/C31H34O8/c1-36-25-15-24-21(20-10-8-16-12-17(32)9-11-19(16)27(20)25)13-23(33)30(39-24)22-14-26(29(35)31(37-2)28(22)34)38-18-6-4-3-5-7-18/h9,11-12,14-15,18,23,30,32-35H,3-8,10,13H2,1-2H3/t23-,30+/m1/s1. The van der Waals surface area contributed by atoms with Gasteiger partial charge in [0.25, 0.3) is 0 Å². The van der Waals surface area contributed by atoms with Gasteiger partial charge in [-0.2, -0.15) is 0 Å². The number of methoxy groups -OCH3 is 2. The van der Waals surface area contributed by atoms with Crippen LogP contribution < -0.4 is 18.9 Å². The molecule has 1 heterocycles. The number of aliphatic hydroxyl groups is 1. The van der Waals surface area contributed by atoms with E-state index in [9.17, 15) is 20.4 Å². The Morgan fingerprint density at radius 2 is 1.64 bits per heavy atom. The molecule has 0 unspecified atom stereocenters. The Bertz CT molecular complexity index is 1410. The minimum absolute atomic E-state index is 0.0368. The van der Waals surface area contributed by atoms with Gasteiger partial charge in [0.1, 0.15) is 17.2 Å². The van der Waals surface area contributed by atoms with Crippen molar-refractivity contribution in [2.24, 2.45) is 0 Å². The zero-order chi connectivity index (χ0) is 27.3. The number of rotatable bonds is 5. The van der Waals surface area contributed by atoms with Gasteiger partial charge in [0, 0.05) is 29.2 Å². The summed E-state index contributed by atoms with van der Waals surface area (Å²) >= 11 is 0. The molecule has 3 aliphatic rings. The quantitative estimate of drug-likeness (QED) is 0.347. The highest BCUT2D eigenvalue weighted by Crippen LogP contribution is 2.53. The number of fused-ring (bicyclic) bond motifs is 5. The zero-order valence-corrected chi connectivity index (χ0v) is 22.2. The van der Waals surface area contributed by atoms with Crippen molar-refractivity contribution in [2.75, 3.05) is 14.2 Å². The van der Waals surface area contributed by atoms with Gasteiger partial charge >= 0.3 is 0 Å². The highest BCUT2D eigenvalue weighted by molar-refractivity contribution is 5.82. The van der Waals surface area contributed by atoms with Crippen LogP contribution in [0.5, 0.6) is 40.2 Å². The van der Waals surface area contributed by atoms with Crippen LogP contribution in [0.4, 0.5) is 0 Å². The molecular formula is C31H34O8. The van der Waals surface area contributed by atoms with Crippen LogP contribution in [0.15, 0.2) is 30.3 Å². The van der Waals surface area contributed by atoms with E-state index in [2.05, 4.69) is 0 Å². The van der Waals surface area contributed by atoms with Gasteiger partial charge in [0.2, 0.25) is 11.5 Å². The maximum Gasteiger partial charge on any atom is 0.207 e. The summed E-state index contributed by atoms with van der Waals surface area (Å²) in [6.45, 7) is 0. The van der Waals surface area contributed by atoms with Gasteiger partial charge in [-0.05, 0) is 73.4 Å². The van der Waals surface area contributed by atoms with Crippen LogP contribution in [0, 0.1) is 0 Å². The van der Waals surface area contributed by atoms with Gasteiger partial charge in [-0.1, -0.05) is 12.5 Å². The molecule has 8 nitrogen and oxygen atoms in total. The Kier molecular flexibility index (Phi) is 6.59. The summed E-state index contributed by atoms with van der Waals surface area (Å²) in [5.74, 6) is 0.974. The molecule has 2 aliphatic carbocycles. The lowest BCUT2D eigenvalue weighted by Gasteiger charge is -2.35. The molecule has 0 saturated heterocycles. The third-order valence-electron chi connectivity index (χ3n) is 8.29. The number of phenolic OH excluding ortho intramolecular Hbond substituents is 3. The van der Waals surface area contributed by atoms with Gasteiger partial charge in [0.15, 0.2) is 17.6 Å². The number of aromatic hydroxyl groups is 3. The molecule has 1 saturated carbocycles. The molecule has 3 aromatic carbocycles. The van der Waals surface area contributed by atoms with E-state index >= 15 is 0 Å². The molecule has 8 heteroatoms. The lowest BCUT2D eigenvalue weighted by molar-refractivity contribution is 0.0186. The maximum absolute atomic E-state index is 11.4. The van der Waals surface area contributed by atoms with Crippen molar-refractivity contribution in [1.82, 2.24) is 0 Å².